The van der Waals surface area contributed by atoms with Crippen molar-refractivity contribution >= 4 is 23.6 Å². The third-order valence-electron chi connectivity index (χ3n) is 3.32. The van der Waals surface area contributed by atoms with E-state index in [9.17, 15) is 4.79 Å². The van der Waals surface area contributed by atoms with Crippen LogP contribution in [0, 0.1) is 6.92 Å². The van der Waals surface area contributed by atoms with Crippen molar-refractivity contribution in [3.8, 4) is 11.5 Å². The number of aryl methyl sites for hydroxylation is 1. The second kappa shape index (κ2) is 8.38. The van der Waals surface area contributed by atoms with E-state index in [4.69, 9.17) is 26.9 Å². The summed E-state index contributed by atoms with van der Waals surface area (Å²) >= 11 is 6.29. The minimum Gasteiger partial charge on any atom is -0.493 e. The predicted octanol–water partition coefficient (Wildman–Crippen LogP) is 3.24. The number of halogens is 1. The average Bonchev–Trinajstić information content (AvgIpc) is 2.59. The van der Waals surface area contributed by atoms with Crippen molar-refractivity contribution < 1.29 is 14.3 Å². The highest BCUT2D eigenvalue weighted by Gasteiger charge is 2.11. The van der Waals surface area contributed by atoms with Crippen LogP contribution >= 0.6 is 11.6 Å². The van der Waals surface area contributed by atoms with Crippen LogP contribution < -0.4 is 20.7 Å². The highest BCUT2D eigenvalue weighted by atomic mass is 35.5. The first-order valence-corrected chi connectivity index (χ1v) is 7.66. The third-order valence-corrected chi connectivity index (χ3v) is 3.61. The molecular formula is C18H19ClN2O3. The largest absolute Gasteiger partial charge is 0.493 e. The van der Waals surface area contributed by atoms with Crippen LogP contribution in [0.1, 0.15) is 16.7 Å². The molecule has 0 aliphatic heterocycles. The first-order valence-electron chi connectivity index (χ1n) is 7.28. The maximum absolute atomic E-state index is 11.2. The van der Waals surface area contributed by atoms with Gasteiger partial charge in [-0.1, -0.05) is 41.4 Å². The van der Waals surface area contributed by atoms with E-state index in [-0.39, 0.29) is 0 Å². The highest BCUT2D eigenvalue weighted by molar-refractivity contribution is 6.32. The zero-order valence-corrected chi connectivity index (χ0v) is 14.3. The Morgan fingerprint density at radius 1 is 1.29 bits per heavy atom. The summed E-state index contributed by atoms with van der Waals surface area (Å²) in [6, 6.07) is 11.5. The summed E-state index contributed by atoms with van der Waals surface area (Å²) in [5, 5.41) is 0.397. The van der Waals surface area contributed by atoms with Crippen LogP contribution in [0.2, 0.25) is 5.02 Å². The van der Waals surface area contributed by atoms with Crippen molar-refractivity contribution in [1.82, 2.24) is 5.43 Å². The molecule has 24 heavy (non-hydrogen) atoms. The van der Waals surface area contributed by atoms with Crippen LogP contribution in [0.4, 0.5) is 0 Å². The van der Waals surface area contributed by atoms with Crippen LogP contribution in [0.25, 0.3) is 6.08 Å². The van der Waals surface area contributed by atoms with E-state index in [1.54, 1.807) is 18.2 Å². The quantitative estimate of drug-likeness (QED) is 0.364. The van der Waals surface area contributed by atoms with Gasteiger partial charge in [-0.25, -0.2) is 5.84 Å². The van der Waals surface area contributed by atoms with Gasteiger partial charge in [0.05, 0.1) is 12.1 Å². The lowest BCUT2D eigenvalue weighted by molar-refractivity contribution is -0.116. The van der Waals surface area contributed by atoms with Crippen molar-refractivity contribution in [2.75, 3.05) is 7.11 Å². The fourth-order valence-electron chi connectivity index (χ4n) is 2.04. The molecule has 2 aromatic carbocycles. The Hall–Kier alpha value is -2.50. The van der Waals surface area contributed by atoms with E-state index in [2.05, 4.69) is 0 Å². The highest BCUT2D eigenvalue weighted by Crippen LogP contribution is 2.37. The molecule has 0 saturated heterocycles. The summed E-state index contributed by atoms with van der Waals surface area (Å²) in [5.41, 5.74) is 4.93. The van der Waals surface area contributed by atoms with Crippen molar-refractivity contribution in [3.63, 3.8) is 0 Å². The van der Waals surface area contributed by atoms with Gasteiger partial charge in [0.15, 0.2) is 11.5 Å². The Morgan fingerprint density at radius 3 is 2.62 bits per heavy atom. The number of hydrogen-bond donors (Lipinski definition) is 2. The molecule has 0 aliphatic carbocycles. The molecule has 5 nitrogen and oxygen atoms in total. The summed E-state index contributed by atoms with van der Waals surface area (Å²) in [6.07, 6.45) is 2.89. The number of hydrogen-bond acceptors (Lipinski definition) is 4. The summed E-state index contributed by atoms with van der Waals surface area (Å²) in [6.45, 7) is 2.41. The molecule has 3 N–H and O–H groups in total. The number of carbonyl (C=O) groups excluding carboxylic acids is 1. The molecule has 1 amide bonds. The van der Waals surface area contributed by atoms with Gasteiger partial charge >= 0.3 is 0 Å². The molecule has 0 atom stereocenters. The first-order chi connectivity index (χ1) is 11.5. The smallest absolute Gasteiger partial charge is 0.257 e. The molecule has 0 bridgehead atoms. The van der Waals surface area contributed by atoms with E-state index in [0.717, 1.165) is 5.56 Å². The molecule has 0 aliphatic rings. The van der Waals surface area contributed by atoms with E-state index in [1.165, 1.54) is 18.7 Å². The predicted molar refractivity (Wildman–Crippen MR) is 94.9 cm³/mol. The van der Waals surface area contributed by atoms with E-state index in [1.807, 2.05) is 36.6 Å². The zero-order chi connectivity index (χ0) is 17.5. The summed E-state index contributed by atoms with van der Waals surface area (Å²) in [5.74, 6) is 5.56. The number of rotatable bonds is 6. The van der Waals surface area contributed by atoms with Crippen molar-refractivity contribution in [2.45, 2.75) is 13.5 Å². The summed E-state index contributed by atoms with van der Waals surface area (Å²) in [4.78, 5) is 11.2. The molecule has 2 aromatic rings. The molecule has 0 aromatic heterocycles. The standard InChI is InChI=1S/C18H19ClN2O3/c1-12-3-5-13(6-4-12)11-24-18-15(19)9-14(10-16(18)23-2)7-8-17(22)21-20/h3-10H,11,20H2,1-2H3,(H,21,22)/b8-7+. The normalized spacial score (nSPS) is 10.7. The van der Waals surface area contributed by atoms with Gasteiger partial charge in [0.2, 0.25) is 0 Å². The molecule has 0 unspecified atom stereocenters. The molecule has 0 saturated carbocycles. The molecule has 0 radical (unpaired) electrons. The van der Waals surface area contributed by atoms with Crippen LogP contribution in [-0.4, -0.2) is 13.0 Å². The molecular weight excluding hydrogens is 328 g/mol. The molecule has 0 spiro atoms. The topological polar surface area (TPSA) is 73.6 Å². The van der Waals surface area contributed by atoms with Crippen LogP contribution in [0.15, 0.2) is 42.5 Å². The SMILES string of the molecule is COc1cc(/C=C/C(=O)NN)cc(Cl)c1OCc1ccc(C)cc1. The van der Waals surface area contributed by atoms with Gasteiger partial charge in [-0.3, -0.25) is 10.2 Å². The average molecular weight is 347 g/mol. The lowest BCUT2D eigenvalue weighted by atomic mass is 10.1. The molecule has 6 heteroatoms. The maximum atomic E-state index is 11.2. The molecule has 126 valence electrons. The number of nitrogens with one attached hydrogen (secondary N) is 1. The number of benzene rings is 2. The maximum Gasteiger partial charge on any atom is 0.257 e. The number of hydrazine groups is 1. The Kier molecular flexibility index (Phi) is 6.23. The van der Waals surface area contributed by atoms with Gasteiger partial charge in [-0.15, -0.1) is 0 Å². The third kappa shape index (κ3) is 4.75. The van der Waals surface area contributed by atoms with E-state index < -0.39 is 5.91 Å². The molecule has 0 fully saturated rings. The number of nitrogens with two attached hydrogens (primary N) is 1. The van der Waals surface area contributed by atoms with Crippen molar-refractivity contribution in [2.24, 2.45) is 5.84 Å². The number of methoxy groups -OCH3 is 1. The van der Waals surface area contributed by atoms with Crippen LogP contribution in [0.5, 0.6) is 11.5 Å². The minimum absolute atomic E-state index is 0.376. The van der Waals surface area contributed by atoms with Gasteiger partial charge in [0.25, 0.3) is 5.91 Å². The fraction of sp³-hybridized carbons (Fsp3) is 0.167. The van der Waals surface area contributed by atoms with Crippen LogP contribution in [0.3, 0.4) is 0 Å². The van der Waals surface area contributed by atoms with Gasteiger partial charge in [-0.05, 0) is 36.3 Å². The monoisotopic (exact) mass is 346 g/mol. The Morgan fingerprint density at radius 2 is 2.00 bits per heavy atom. The number of ether oxygens (including phenoxy) is 2. The Balaban J connectivity index is 2.18. The van der Waals surface area contributed by atoms with Gasteiger partial charge in [0, 0.05) is 6.08 Å². The number of amides is 1. The Labute approximate surface area is 146 Å². The lowest BCUT2D eigenvalue weighted by Crippen LogP contribution is -2.27. The van der Waals surface area contributed by atoms with Crippen LogP contribution in [-0.2, 0) is 11.4 Å². The minimum atomic E-state index is -0.412. The first kappa shape index (κ1) is 17.8. The van der Waals surface area contributed by atoms with E-state index >= 15 is 0 Å². The van der Waals surface area contributed by atoms with Crippen molar-refractivity contribution in [3.05, 3.63) is 64.2 Å². The fourth-order valence-corrected chi connectivity index (χ4v) is 2.31. The van der Waals surface area contributed by atoms with E-state index in [0.29, 0.717) is 28.7 Å². The number of carbonyl (C=O) groups is 1. The van der Waals surface area contributed by atoms with Gasteiger partial charge < -0.3 is 9.47 Å². The van der Waals surface area contributed by atoms with Crippen molar-refractivity contribution in [1.29, 1.82) is 0 Å². The molecule has 0 heterocycles. The summed E-state index contributed by atoms with van der Waals surface area (Å²) < 4.78 is 11.1. The second-order valence-corrected chi connectivity index (χ2v) is 5.56. The molecule has 2 rings (SSSR count). The summed E-state index contributed by atoms with van der Waals surface area (Å²) in [7, 11) is 1.53. The van der Waals surface area contributed by atoms with Gasteiger partial charge in [-0.2, -0.15) is 0 Å². The zero-order valence-electron chi connectivity index (χ0n) is 13.5. The Bertz CT molecular complexity index is 743. The lowest BCUT2D eigenvalue weighted by Gasteiger charge is -2.13. The second-order valence-electron chi connectivity index (χ2n) is 5.15. The van der Waals surface area contributed by atoms with Gasteiger partial charge in [0.1, 0.15) is 6.61 Å².